The zero-order valence-corrected chi connectivity index (χ0v) is 11.7. The zero-order chi connectivity index (χ0) is 13.6. The van der Waals surface area contributed by atoms with Crippen LogP contribution >= 0.6 is 22.9 Å². The first-order valence-electron chi connectivity index (χ1n) is 5.79. The summed E-state index contributed by atoms with van der Waals surface area (Å²) in [6.45, 7) is 2.44. The van der Waals surface area contributed by atoms with Crippen LogP contribution < -0.4 is 0 Å². The molecule has 6 heteroatoms. The molecule has 0 spiro atoms. The fourth-order valence-corrected chi connectivity index (χ4v) is 3.40. The molecule has 1 aliphatic rings. The third-order valence-corrected chi connectivity index (χ3v) is 4.40. The summed E-state index contributed by atoms with van der Waals surface area (Å²) >= 11 is 7.14. The van der Waals surface area contributed by atoms with Crippen molar-refractivity contribution in [1.82, 2.24) is 0 Å². The van der Waals surface area contributed by atoms with E-state index < -0.39 is 5.97 Å². The van der Waals surface area contributed by atoms with Gasteiger partial charge in [-0.1, -0.05) is 0 Å². The predicted octanol–water partition coefficient (Wildman–Crippen LogP) is 3.66. The second-order valence-corrected chi connectivity index (χ2v) is 5.99. The van der Waals surface area contributed by atoms with Gasteiger partial charge in [0.25, 0.3) is 0 Å². The topological polar surface area (TPSA) is 59.7 Å². The molecule has 1 N–H and O–H groups in total. The van der Waals surface area contributed by atoms with Gasteiger partial charge in [0.15, 0.2) is 5.22 Å². The van der Waals surface area contributed by atoms with Gasteiger partial charge in [0.05, 0.1) is 6.61 Å². The van der Waals surface area contributed by atoms with Crippen LogP contribution in [0.15, 0.2) is 16.5 Å². The molecule has 1 aliphatic heterocycles. The normalized spacial score (nSPS) is 18.3. The third-order valence-electron chi connectivity index (χ3n) is 3.16. The number of furan rings is 1. The summed E-state index contributed by atoms with van der Waals surface area (Å²) in [5, 5.41) is 9.39. The Hall–Kier alpha value is -1.30. The SMILES string of the molecule is Cc1sc(C(=O)O)cc1C1OCCc2oc(Cl)cc21. The summed E-state index contributed by atoms with van der Waals surface area (Å²) in [7, 11) is 0. The van der Waals surface area contributed by atoms with E-state index in [1.807, 2.05) is 6.92 Å². The van der Waals surface area contributed by atoms with Crippen molar-refractivity contribution >= 4 is 28.9 Å². The lowest BCUT2D eigenvalue weighted by atomic mass is 9.99. The number of aryl methyl sites for hydroxylation is 1. The van der Waals surface area contributed by atoms with Crippen molar-refractivity contribution in [2.45, 2.75) is 19.4 Å². The molecule has 3 rings (SSSR count). The van der Waals surface area contributed by atoms with Crippen LogP contribution in [0.1, 0.15) is 37.5 Å². The molecule has 1 unspecified atom stereocenters. The van der Waals surface area contributed by atoms with Crippen molar-refractivity contribution in [2.75, 3.05) is 6.61 Å². The number of aromatic carboxylic acids is 1. The van der Waals surface area contributed by atoms with E-state index in [1.54, 1.807) is 12.1 Å². The molecular formula is C13H11ClO4S. The van der Waals surface area contributed by atoms with E-state index >= 15 is 0 Å². The van der Waals surface area contributed by atoms with Crippen molar-refractivity contribution in [3.63, 3.8) is 0 Å². The summed E-state index contributed by atoms with van der Waals surface area (Å²) < 4.78 is 11.2. The lowest BCUT2D eigenvalue weighted by molar-refractivity contribution is 0.0641. The number of thiophene rings is 1. The van der Waals surface area contributed by atoms with E-state index in [0.717, 1.165) is 21.8 Å². The number of ether oxygens (including phenoxy) is 1. The number of hydrogen-bond acceptors (Lipinski definition) is 4. The van der Waals surface area contributed by atoms with E-state index in [-0.39, 0.29) is 6.10 Å². The van der Waals surface area contributed by atoms with Crippen molar-refractivity contribution in [2.24, 2.45) is 0 Å². The lowest BCUT2D eigenvalue weighted by Gasteiger charge is -2.22. The molecule has 2 aromatic heterocycles. The highest BCUT2D eigenvalue weighted by atomic mass is 35.5. The maximum Gasteiger partial charge on any atom is 0.345 e. The molecule has 0 aromatic carbocycles. The molecule has 0 radical (unpaired) electrons. The Kier molecular flexibility index (Phi) is 3.12. The second-order valence-electron chi connectivity index (χ2n) is 4.36. The van der Waals surface area contributed by atoms with Gasteiger partial charge in [-0.2, -0.15) is 0 Å². The number of carbonyl (C=O) groups is 1. The number of carboxylic acid groups (broad SMARTS) is 1. The molecule has 0 saturated heterocycles. The molecule has 100 valence electrons. The van der Waals surface area contributed by atoms with Crippen LogP contribution in [-0.4, -0.2) is 17.7 Å². The summed E-state index contributed by atoms with van der Waals surface area (Å²) in [4.78, 5) is 12.3. The van der Waals surface area contributed by atoms with E-state index in [9.17, 15) is 4.79 Å². The Labute approximate surface area is 118 Å². The summed E-state index contributed by atoms with van der Waals surface area (Å²) in [5.74, 6) is -0.0932. The first kappa shape index (κ1) is 12.7. The monoisotopic (exact) mass is 298 g/mol. The fraction of sp³-hybridized carbons (Fsp3) is 0.308. The van der Waals surface area contributed by atoms with Crippen molar-refractivity contribution in [1.29, 1.82) is 0 Å². The predicted molar refractivity (Wildman–Crippen MR) is 71.2 cm³/mol. The molecule has 0 fully saturated rings. The van der Waals surface area contributed by atoms with Gasteiger partial charge >= 0.3 is 5.97 Å². The minimum absolute atomic E-state index is 0.288. The van der Waals surface area contributed by atoms with E-state index in [1.165, 1.54) is 11.3 Å². The largest absolute Gasteiger partial charge is 0.477 e. The van der Waals surface area contributed by atoms with Gasteiger partial charge in [0.1, 0.15) is 16.7 Å². The zero-order valence-electron chi connectivity index (χ0n) is 10.1. The summed E-state index contributed by atoms with van der Waals surface area (Å²) in [5.41, 5.74) is 1.77. The van der Waals surface area contributed by atoms with E-state index in [4.69, 9.17) is 25.9 Å². The van der Waals surface area contributed by atoms with Gasteiger partial charge in [-0.15, -0.1) is 11.3 Å². The molecule has 0 amide bonds. The maximum absolute atomic E-state index is 11.0. The average molecular weight is 299 g/mol. The number of fused-ring (bicyclic) bond motifs is 1. The average Bonchev–Trinajstić information content (AvgIpc) is 2.90. The van der Waals surface area contributed by atoms with Gasteiger partial charge in [0.2, 0.25) is 0 Å². The maximum atomic E-state index is 11.0. The van der Waals surface area contributed by atoms with Crippen LogP contribution in [-0.2, 0) is 11.2 Å². The van der Waals surface area contributed by atoms with Crippen LogP contribution in [0.4, 0.5) is 0 Å². The molecule has 3 heterocycles. The van der Waals surface area contributed by atoms with Crippen LogP contribution in [0.2, 0.25) is 5.22 Å². The van der Waals surface area contributed by atoms with Gasteiger partial charge in [-0.05, 0) is 30.2 Å². The van der Waals surface area contributed by atoms with Crippen molar-refractivity contribution in [3.05, 3.63) is 44.0 Å². The van der Waals surface area contributed by atoms with Crippen LogP contribution in [0.5, 0.6) is 0 Å². The van der Waals surface area contributed by atoms with Crippen LogP contribution in [0.3, 0.4) is 0 Å². The van der Waals surface area contributed by atoms with Crippen molar-refractivity contribution < 1.29 is 19.1 Å². The molecule has 4 nitrogen and oxygen atoms in total. The molecular weight excluding hydrogens is 288 g/mol. The fourth-order valence-electron chi connectivity index (χ4n) is 2.30. The highest BCUT2D eigenvalue weighted by molar-refractivity contribution is 7.14. The molecule has 0 bridgehead atoms. The Morgan fingerprint density at radius 1 is 1.47 bits per heavy atom. The van der Waals surface area contributed by atoms with E-state index in [2.05, 4.69) is 0 Å². The van der Waals surface area contributed by atoms with E-state index in [0.29, 0.717) is 23.1 Å². The molecule has 2 aromatic rings. The first-order valence-corrected chi connectivity index (χ1v) is 6.99. The van der Waals surface area contributed by atoms with Gasteiger partial charge in [-0.25, -0.2) is 4.79 Å². The van der Waals surface area contributed by atoms with Crippen LogP contribution in [0.25, 0.3) is 0 Å². The summed E-state index contributed by atoms with van der Waals surface area (Å²) in [6, 6.07) is 3.42. The molecule has 0 aliphatic carbocycles. The first-order chi connectivity index (χ1) is 9.06. The number of rotatable bonds is 2. The Morgan fingerprint density at radius 3 is 2.95 bits per heavy atom. The van der Waals surface area contributed by atoms with Gasteiger partial charge < -0.3 is 14.3 Å². The Morgan fingerprint density at radius 2 is 2.26 bits per heavy atom. The molecule has 0 saturated carbocycles. The highest BCUT2D eigenvalue weighted by Gasteiger charge is 2.29. The molecule has 19 heavy (non-hydrogen) atoms. The molecule has 1 atom stereocenters. The Balaban J connectivity index is 2.06. The van der Waals surface area contributed by atoms with Crippen LogP contribution in [0, 0.1) is 6.92 Å². The third kappa shape index (κ3) is 2.18. The van der Waals surface area contributed by atoms with Gasteiger partial charge in [-0.3, -0.25) is 0 Å². The number of halogens is 1. The highest BCUT2D eigenvalue weighted by Crippen LogP contribution is 2.39. The second kappa shape index (κ2) is 4.67. The standard InChI is InChI=1S/C13H11ClO4S/c1-6-7(4-10(19-6)13(15)16)12-8-5-11(14)18-9(8)2-3-17-12/h4-5,12H,2-3H2,1H3,(H,15,16). The van der Waals surface area contributed by atoms with Gasteiger partial charge in [0, 0.05) is 22.9 Å². The van der Waals surface area contributed by atoms with Crippen molar-refractivity contribution in [3.8, 4) is 0 Å². The Bertz CT molecular complexity index is 643. The minimum atomic E-state index is -0.916. The lowest BCUT2D eigenvalue weighted by Crippen LogP contribution is -2.15. The summed E-state index contributed by atoms with van der Waals surface area (Å²) in [6.07, 6.45) is 0.400. The minimum Gasteiger partial charge on any atom is -0.477 e. The smallest absolute Gasteiger partial charge is 0.345 e. The quantitative estimate of drug-likeness (QED) is 0.919. The number of hydrogen-bond donors (Lipinski definition) is 1. The number of carboxylic acids is 1.